The molecule has 0 saturated carbocycles. The number of halogens is 1. The Bertz CT molecular complexity index is 539. The SMILES string of the molecule is O=C(NCCCc1ccccc1)c1ccccc1I. The molecule has 0 radical (unpaired) electrons. The summed E-state index contributed by atoms with van der Waals surface area (Å²) in [4.78, 5) is 12.0. The molecule has 2 aromatic rings. The first-order chi connectivity index (χ1) is 9.27. The third kappa shape index (κ3) is 4.35. The van der Waals surface area contributed by atoms with Gasteiger partial charge in [0.25, 0.3) is 5.91 Å². The van der Waals surface area contributed by atoms with Crippen LogP contribution in [-0.2, 0) is 6.42 Å². The van der Waals surface area contributed by atoms with Crippen LogP contribution in [0.5, 0.6) is 0 Å². The van der Waals surface area contributed by atoms with Crippen molar-refractivity contribution in [2.24, 2.45) is 0 Å². The molecule has 1 N–H and O–H groups in total. The van der Waals surface area contributed by atoms with E-state index in [1.54, 1.807) is 0 Å². The quantitative estimate of drug-likeness (QED) is 0.636. The molecule has 98 valence electrons. The molecule has 0 unspecified atom stereocenters. The second-order valence-corrected chi connectivity index (χ2v) is 5.49. The molecule has 0 aromatic heterocycles. The zero-order chi connectivity index (χ0) is 13.5. The minimum atomic E-state index is 0.0121. The number of carbonyl (C=O) groups is 1. The lowest BCUT2D eigenvalue weighted by Crippen LogP contribution is -2.25. The zero-order valence-electron chi connectivity index (χ0n) is 10.6. The number of rotatable bonds is 5. The van der Waals surface area contributed by atoms with Crippen LogP contribution in [0.2, 0.25) is 0 Å². The highest BCUT2D eigenvalue weighted by molar-refractivity contribution is 14.1. The Morgan fingerprint density at radius 3 is 2.42 bits per heavy atom. The first-order valence-corrected chi connectivity index (χ1v) is 7.42. The van der Waals surface area contributed by atoms with Crippen LogP contribution in [0.3, 0.4) is 0 Å². The Morgan fingerprint density at radius 2 is 1.68 bits per heavy atom. The van der Waals surface area contributed by atoms with E-state index in [0.717, 1.165) is 22.0 Å². The normalized spacial score (nSPS) is 10.2. The third-order valence-electron chi connectivity index (χ3n) is 2.89. The molecular weight excluding hydrogens is 349 g/mol. The molecule has 1 amide bonds. The van der Waals surface area contributed by atoms with Gasteiger partial charge in [0.15, 0.2) is 0 Å². The Balaban J connectivity index is 1.77. The summed E-state index contributed by atoms with van der Waals surface area (Å²) in [6.07, 6.45) is 1.95. The van der Waals surface area contributed by atoms with Crippen LogP contribution in [0.1, 0.15) is 22.3 Å². The van der Waals surface area contributed by atoms with Gasteiger partial charge >= 0.3 is 0 Å². The van der Waals surface area contributed by atoms with Crippen molar-refractivity contribution in [2.75, 3.05) is 6.54 Å². The molecule has 0 aliphatic heterocycles. The number of hydrogen-bond donors (Lipinski definition) is 1. The smallest absolute Gasteiger partial charge is 0.252 e. The van der Waals surface area contributed by atoms with Gasteiger partial charge in [0.1, 0.15) is 0 Å². The van der Waals surface area contributed by atoms with Gasteiger partial charge in [-0.05, 0) is 53.1 Å². The first kappa shape index (κ1) is 14.1. The highest BCUT2D eigenvalue weighted by Gasteiger charge is 2.07. The maximum absolute atomic E-state index is 12.0. The molecule has 0 bridgehead atoms. The average molecular weight is 365 g/mol. The maximum atomic E-state index is 12.0. The van der Waals surface area contributed by atoms with Gasteiger partial charge in [0.2, 0.25) is 0 Å². The van der Waals surface area contributed by atoms with Gasteiger partial charge in [0, 0.05) is 10.1 Å². The van der Waals surface area contributed by atoms with E-state index in [-0.39, 0.29) is 5.91 Å². The zero-order valence-corrected chi connectivity index (χ0v) is 12.8. The predicted octanol–water partition coefficient (Wildman–Crippen LogP) is 3.65. The summed E-state index contributed by atoms with van der Waals surface area (Å²) >= 11 is 2.19. The Morgan fingerprint density at radius 1 is 1.00 bits per heavy atom. The lowest BCUT2D eigenvalue weighted by molar-refractivity contribution is 0.0952. The number of benzene rings is 2. The highest BCUT2D eigenvalue weighted by atomic mass is 127. The lowest BCUT2D eigenvalue weighted by atomic mass is 10.1. The predicted molar refractivity (Wildman–Crippen MR) is 86.3 cm³/mol. The van der Waals surface area contributed by atoms with Crippen LogP contribution in [0.4, 0.5) is 0 Å². The van der Waals surface area contributed by atoms with Gasteiger partial charge in [-0.15, -0.1) is 0 Å². The number of carbonyl (C=O) groups excluding carboxylic acids is 1. The lowest BCUT2D eigenvalue weighted by Gasteiger charge is -2.06. The van der Waals surface area contributed by atoms with Crippen LogP contribution in [0.15, 0.2) is 54.6 Å². The van der Waals surface area contributed by atoms with E-state index in [4.69, 9.17) is 0 Å². The summed E-state index contributed by atoms with van der Waals surface area (Å²) in [5.74, 6) is 0.0121. The van der Waals surface area contributed by atoms with Crippen LogP contribution >= 0.6 is 22.6 Å². The molecule has 2 rings (SSSR count). The summed E-state index contributed by atoms with van der Waals surface area (Å²) in [5.41, 5.74) is 2.06. The van der Waals surface area contributed by atoms with Gasteiger partial charge in [-0.25, -0.2) is 0 Å². The molecular formula is C16H16INO. The Kier molecular flexibility index (Phi) is 5.39. The molecule has 0 saturated heterocycles. The molecule has 19 heavy (non-hydrogen) atoms. The molecule has 0 aliphatic carbocycles. The molecule has 0 heterocycles. The number of hydrogen-bond acceptors (Lipinski definition) is 1. The average Bonchev–Trinajstić information content (AvgIpc) is 2.45. The van der Waals surface area contributed by atoms with Crippen molar-refractivity contribution in [3.8, 4) is 0 Å². The Labute approximate surface area is 127 Å². The first-order valence-electron chi connectivity index (χ1n) is 6.34. The van der Waals surface area contributed by atoms with E-state index in [9.17, 15) is 4.79 Å². The second kappa shape index (κ2) is 7.28. The van der Waals surface area contributed by atoms with Crippen molar-refractivity contribution >= 4 is 28.5 Å². The minimum Gasteiger partial charge on any atom is -0.352 e. The molecule has 2 aromatic carbocycles. The van der Waals surface area contributed by atoms with Crippen molar-refractivity contribution in [3.63, 3.8) is 0 Å². The summed E-state index contributed by atoms with van der Waals surface area (Å²) in [6, 6.07) is 18.0. The Hall–Kier alpha value is -1.36. The molecule has 0 fully saturated rings. The fourth-order valence-electron chi connectivity index (χ4n) is 1.88. The van der Waals surface area contributed by atoms with Gasteiger partial charge < -0.3 is 5.32 Å². The van der Waals surface area contributed by atoms with Gasteiger partial charge in [-0.3, -0.25) is 4.79 Å². The van der Waals surface area contributed by atoms with Gasteiger partial charge in [-0.1, -0.05) is 42.5 Å². The van der Waals surface area contributed by atoms with E-state index in [2.05, 4.69) is 40.0 Å². The van der Waals surface area contributed by atoms with Crippen molar-refractivity contribution in [1.82, 2.24) is 5.32 Å². The molecule has 0 spiro atoms. The fourth-order valence-corrected chi connectivity index (χ4v) is 2.51. The van der Waals surface area contributed by atoms with Crippen molar-refractivity contribution < 1.29 is 4.79 Å². The van der Waals surface area contributed by atoms with Gasteiger partial charge in [0.05, 0.1) is 5.56 Å². The van der Waals surface area contributed by atoms with E-state index < -0.39 is 0 Å². The fraction of sp³-hybridized carbons (Fsp3) is 0.188. The monoisotopic (exact) mass is 365 g/mol. The second-order valence-electron chi connectivity index (χ2n) is 4.32. The maximum Gasteiger partial charge on any atom is 0.252 e. The number of nitrogens with one attached hydrogen (secondary N) is 1. The molecule has 0 aliphatic rings. The molecule has 2 nitrogen and oxygen atoms in total. The third-order valence-corrected chi connectivity index (χ3v) is 3.83. The molecule has 0 atom stereocenters. The standard InChI is InChI=1S/C16H16INO/c17-15-11-5-4-10-14(15)16(19)18-12-6-9-13-7-2-1-3-8-13/h1-5,7-8,10-11H,6,9,12H2,(H,18,19). The number of amides is 1. The van der Waals surface area contributed by atoms with Crippen LogP contribution in [0, 0.1) is 3.57 Å². The van der Waals surface area contributed by atoms with Crippen molar-refractivity contribution in [2.45, 2.75) is 12.8 Å². The van der Waals surface area contributed by atoms with E-state index in [1.165, 1.54) is 5.56 Å². The summed E-state index contributed by atoms with van der Waals surface area (Å²) in [6.45, 7) is 0.707. The largest absolute Gasteiger partial charge is 0.352 e. The van der Waals surface area contributed by atoms with E-state index in [0.29, 0.717) is 6.54 Å². The van der Waals surface area contributed by atoms with E-state index >= 15 is 0 Å². The topological polar surface area (TPSA) is 29.1 Å². The van der Waals surface area contributed by atoms with Crippen molar-refractivity contribution in [1.29, 1.82) is 0 Å². The van der Waals surface area contributed by atoms with Crippen molar-refractivity contribution in [3.05, 3.63) is 69.3 Å². The summed E-state index contributed by atoms with van der Waals surface area (Å²) in [7, 11) is 0. The van der Waals surface area contributed by atoms with Crippen LogP contribution in [-0.4, -0.2) is 12.5 Å². The molecule has 3 heteroatoms. The summed E-state index contributed by atoms with van der Waals surface area (Å²) in [5, 5.41) is 2.97. The summed E-state index contributed by atoms with van der Waals surface area (Å²) < 4.78 is 0.987. The van der Waals surface area contributed by atoms with Gasteiger partial charge in [-0.2, -0.15) is 0 Å². The number of aryl methyl sites for hydroxylation is 1. The minimum absolute atomic E-state index is 0.0121. The van der Waals surface area contributed by atoms with E-state index in [1.807, 2.05) is 42.5 Å². The van der Waals surface area contributed by atoms with Crippen LogP contribution < -0.4 is 5.32 Å². The highest BCUT2D eigenvalue weighted by Crippen LogP contribution is 2.11. The van der Waals surface area contributed by atoms with Crippen LogP contribution in [0.25, 0.3) is 0 Å².